The molecule has 3 rings (SSSR count). The van der Waals surface area contributed by atoms with Gasteiger partial charge in [-0.2, -0.15) is 0 Å². The van der Waals surface area contributed by atoms with Crippen molar-refractivity contribution in [1.29, 1.82) is 0 Å². The molecule has 2 aliphatic heterocycles. The van der Waals surface area contributed by atoms with Crippen molar-refractivity contribution in [1.82, 2.24) is 4.98 Å². The number of aryl methyl sites for hydroxylation is 1. The summed E-state index contributed by atoms with van der Waals surface area (Å²) in [5.74, 6) is 0.968. The van der Waals surface area contributed by atoms with Gasteiger partial charge in [-0.1, -0.05) is 25.4 Å². The first-order valence-corrected chi connectivity index (χ1v) is 6.80. The van der Waals surface area contributed by atoms with Crippen LogP contribution in [-0.2, 0) is 0 Å². The molecule has 3 heterocycles. The maximum Gasteiger partial charge on any atom is 0.151 e. The van der Waals surface area contributed by atoms with E-state index in [0.29, 0.717) is 11.2 Å². The number of nitrogens with one attached hydrogen (secondary N) is 1. The Morgan fingerprint density at radius 3 is 3.00 bits per heavy atom. The molecule has 4 heteroatoms. The number of hydrogen-bond acceptors (Lipinski definition) is 3. The minimum Gasteiger partial charge on any atom is -0.366 e. The molecule has 0 amide bonds. The summed E-state index contributed by atoms with van der Waals surface area (Å²) in [5.41, 5.74) is 2.47. The number of pyridine rings is 1. The second-order valence-electron chi connectivity index (χ2n) is 4.39. The van der Waals surface area contributed by atoms with Crippen LogP contribution in [0.1, 0.15) is 32.3 Å². The predicted octanol–water partition coefficient (Wildman–Crippen LogP) is 3.46. The molecule has 2 aliphatic rings. The van der Waals surface area contributed by atoms with Crippen LogP contribution in [-0.4, -0.2) is 24.1 Å². The summed E-state index contributed by atoms with van der Waals surface area (Å²) >= 11 is 5.97. The van der Waals surface area contributed by atoms with Crippen LogP contribution in [0.4, 0.5) is 11.5 Å². The molecule has 1 fully saturated rings. The van der Waals surface area contributed by atoms with E-state index in [9.17, 15) is 0 Å². The molecule has 2 bridgehead atoms. The fourth-order valence-electron chi connectivity index (χ4n) is 2.62. The van der Waals surface area contributed by atoms with E-state index in [1.807, 2.05) is 19.9 Å². The van der Waals surface area contributed by atoms with E-state index in [0.717, 1.165) is 18.9 Å². The van der Waals surface area contributed by atoms with Crippen LogP contribution in [0.15, 0.2) is 6.07 Å². The van der Waals surface area contributed by atoms with E-state index < -0.39 is 0 Å². The third-order valence-corrected chi connectivity index (χ3v) is 3.42. The molecule has 1 saturated heterocycles. The number of rotatable bonds is 0. The van der Waals surface area contributed by atoms with E-state index in [4.69, 9.17) is 11.6 Å². The van der Waals surface area contributed by atoms with Crippen molar-refractivity contribution < 1.29 is 0 Å². The molecule has 3 nitrogen and oxygen atoms in total. The molecular formula is C13H20ClN3. The number of fused-ring (bicyclic) bond motifs is 4. The van der Waals surface area contributed by atoms with Crippen molar-refractivity contribution in [2.45, 2.75) is 39.7 Å². The molecule has 0 spiro atoms. The Labute approximate surface area is 108 Å². The Kier molecular flexibility index (Phi) is 3.77. The standard InChI is InChI=1S/C11H14ClN3.C2H6/c1-7-5-9(12)14-11-10(7)15-4-2-3-8(6-15)13-11;1-2/h5,8H,2-4,6H2,1H3,(H,13,14);1-2H3. The Morgan fingerprint density at radius 2 is 2.24 bits per heavy atom. The average Bonchev–Trinajstić information content (AvgIpc) is 2.30. The van der Waals surface area contributed by atoms with Crippen LogP contribution in [0.2, 0.25) is 5.15 Å². The van der Waals surface area contributed by atoms with E-state index >= 15 is 0 Å². The highest BCUT2D eigenvalue weighted by atomic mass is 35.5. The van der Waals surface area contributed by atoms with Crippen molar-refractivity contribution in [3.8, 4) is 0 Å². The van der Waals surface area contributed by atoms with Gasteiger partial charge in [0.2, 0.25) is 0 Å². The number of aromatic nitrogens is 1. The summed E-state index contributed by atoms with van der Waals surface area (Å²) in [4.78, 5) is 6.80. The Hall–Kier alpha value is -0.960. The number of anilines is 2. The Balaban J connectivity index is 0.000000514. The highest BCUT2D eigenvalue weighted by Crippen LogP contribution is 2.36. The van der Waals surface area contributed by atoms with Crippen molar-refractivity contribution in [3.63, 3.8) is 0 Å². The number of hydrogen-bond donors (Lipinski definition) is 1. The summed E-state index contributed by atoms with van der Waals surface area (Å²) in [5, 5.41) is 4.06. The minimum atomic E-state index is 0.552. The topological polar surface area (TPSA) is 28.2 Å². The molecule has 1 aromatic rings. The van der Waals surface area contributed by atoms with Crippen molar-refractivity contribution >= 4 is 23.1 Å². The maximum atomic E-state index is 5.97. The quantitative estimate of drug-likeness (QED) is 0.718. The van der Waals surface area contributed by atoms with Crippen LogP contribution in [0, 0.1) is 6.92 Å². The van der Waals surface area contributed by atoms with Gasteiger partial charge in [0.25, 0.3) is 0 Å². The van der Waals surface area contributed by atoms with Crippen LogP contribution in [0.3, 0.4) is 0 Å². The van der Waals surface area contributed by atoms with E-state index in [1.54, 1.807) is 0 Å². The van der Waals surface area contributed by atoms with Gasteiger partial charge in [0.1, 0.15) is 5.15 Å². The largest absolute Gasteiger partial charge is 0.366 e. The molecule has 1 N–H and O–H groups in total. The first kappa shape index (κ1) is 12.5. The number of piperidine rings is 1. The molecule has 0 aliphatic carbocycles. The second kappa shape index (κ2) is 5.13. The molecule has 1 unspecified atom stereocenters. The highest BCUT2D eigenvalue weighted by Gasteiger charge is 2.29. The van der Waals surface area contributed by atoms with Gasteiger partial charge in [0, 0.05) is 19.1 Å². The third kappa shape index (κ3) is 2.34. The van der Waals surface area contributed by atoms with Gasteiger partial charge in [-0.15, -0.1) is 0 Å². The lowest BCUT2D eigenvalue weighted by molar-refractivity contribution is 0.515. The van der Waals surface area contributed by atoms with E-state index in [-0.39, 0.29) is 0 Å². The molecule has 1 aromatic heterocycles. The molecule has 94 valence electrons. The molecule has 0 saturated carbocycles. The van der Waals surface area contributed by atoms with Crippen LogP contribution in [0.5, 0.6) is 0 Å². The van der Waals surface area contributed by atoms with Crippen molar-refractivity contribution in [2.75, 3.05) is 23.3 Å². The summed E-state index contributed by atoms with van der Waals surface area (Å²) in [6.45, 7) is 8.36. The monoisotopic (exact) mass is 253 g/mol. The fourth-order valence-corrected chi connectivity index (χ4v) is 2.87. The average molecular weight is 254 g/mol. The van der Waals surface area contributed by atoms with Crippen molar-refractivity contribution in [3.05, 3.63) is 16.8 Å². The summed E-state index contributed by atoms with van der Waals surface area (Å²) in [7, 11) is 0. The van der Waals surface area contributed by atoms with Crippen LogP contribution in [0.25, 0.3) is 0 Å². The van der Waals surface area contributed by atoms with Crippen LogP contribution >= 0.6 is 11.6 Å². The van der Waals surface area contributed by atoms with E-state index in [2.05, 4.69) is 22.1 Å². The molecule has 17 heavy (non-hydrogen) atoms. The zero-order valence-corrected chi connectivity index (χ0v) is 11.5. The maximum absolute atomic E-state index is 5.97. The molecule has 0 radical (unpaired) electrons. The van der Waals surface area contributed by atoms with Gasteiger partial charge < -0.3 is 10.2 Å². The normalized spacial score (nSPS) is 20.9. The minimum absolute atomic E-state index is 0.552. The number of nitrogens with zero attached hydrogens (tertiary/aromatic N) is 2. The first-order chi connectivity index (χ1) is 8.24. The molecule has 0 aromatic carbocycles. The highest BCUT2D eigenvalue weighted by molar-refractivity contribution is 6.29. The zero-order chi connectivity index (χ0) is 12.4. The predicted molar refractivity (Wildman–Crippen MR) is 74.2 cm³/mol. The van der Waals surface area contributed by atoms with E-state index in [1.165, 1.54) is 24.1 Å². The molecule has 1 atom stereocenters. The van der Waals surface area contributed by atoms with Crippen molar-refractivity contribution in [2.24, 2.45) is 0 Å². The van der Waals surface area contributed by atoms with Crippen LogP contribution < -0.4 is 10.2 Å². The summed E-state index contributed by atoms with van der Waals surface area (Å²) in [6.07, 6.45) is 2.50. The zero-order valence-electron chi connectivity index (χ0n) is 10.8. The van der Waals surface area contributed by atoms with Gasteiger partial charge >= 0.3 is 0 Å². The Morgan fingerprint density at radius 1 is 1.47 bits per heavy atom. The van der Waals surface area contributed by atoms with Gasteiger partial charge in [0.05, 0.1) is 5.69 Å². The van der Waals surface area contributed by atoms with Gasteiger partial charge in [0.15, 0.2) is 5.82 Å². The lowest BCUT2D eigenvalue weighted by Crippen LogP contribution is -2.46. The lowest BCUT2D eigenvalue weighted by atomic mass is 10.0. The second-order valence-corrected chi connectivity index (χ2v) is 4.78. The third-order valence-electron chi connectivity index (χ3n) is 3.23. The first-order valence-electron chi connectivity index (χ1n) is 6.42. The van der Waals surface area contributed by atoms with Gasteiger partial charge in [-0.3, -0.25) is 0 Å². The van der Waals surface area contributed by atoms with Gasteiger partial charge in [-0.05, 0) is 31.4 Å². The lowest BCUT2D eigenvalue weighted by Gasteiger charge is -2.41. The summed E-state index contributed by atoms with van der Waals surface area (Å²) < 4.78 is 0. The Bertz CT molecular complexity index is 406. The SMILES string of the molecule is CC.Cc1cc(Cl)nc2c1N1CCCC(C1)N2. The number of halogens is 1. The summed E-state index contributed by atoms with van der Waals surface area (Å²) in [6, 6.07) is 2.49. The molecular weight excluding hydrogens is 234 g/mol. The van der Waals surface area contributed by atoms with Gasteiger partial charge in [-0.25, -0.2) is 4.98 Å². The fraction of sp³-hybridized carbons (Fsp3) is 0.615. The smallest absolute Gasteiger partial charge is 0.151 e.